The zero-order chi connectivity index (χ0) is 21.1. The van der Waals surface area contributed by atoms with Gasteiger partial charge in [-0.2, -0.15) is 0 Å². The van der Waals surface area contributed by atoms with Crippen molar-refractivity contribution in [2.75, 3.05) is 12.4 Å². The maximum atomic E-state index is 12.5. The number of rotatable bonds is 5. The third-order valence-corrected chi connectivity index (χ3v) is 4.89. The van der Waals surface area contributed by atoms with E-state index >= 15 is 0 Å². The number of carbonyl (C=O) groups excluding carboxylic acids is 1. The van der Waals surface area contributed by atoms with Crippen LogP contribution in [0.5, 0.6) is 5.75 Å². The largest absolute Gasteiger partial charge is 0.496 e. The number of allylic oxidation sites excluding steroid dienone is 1. The minimum Gasteiger partial charge on any atom is -0.496 e. The number of nitrogens with one attached hydrogen (secondary N) is 1. The summed E-state index contributed by atoms with van der Waals surface area (Å²) < 4.78 is 11.3. The van der Waals surface area contributed by atoms with Crippen LogP contribution in [-0.2, 0) is 4.79 Å². The Bertz CT molecular complexity index is 1240. The number of methoxy groups -OCH3 is 1. The molecule has 5 heteroatoms. The molecule has 0 spiro atoms. The number of benzene rings is 2. The SMILES string of the molecule is COc1cc2occ(-c3ccccc3)c2cc1/C(C)=C/C(=O)Nc1cccc(C)n1. The second-order valence-electron chi connectivity index (χ2n) is 7.04. The molecule has 4 rings (SSSR count). The van der Waals surface area contributed by atoms with Crippen LogP contribution in [0, 0.1) is 6.92 Å². The molecule has 150 valence electrons. The Morgan fingerprint density at radius 3 is 2.63 bits per heavy atom. The first-order valence-corrected chi connectivity index (χ1v) is 9.63. The Balaban J connectivity index is 1.71. The van der Waals surface area contributed by atoms with E-state index in [-0.39, 0.29) is 5.91 Å². The Kier molecular flexibility index (Phi) is 5.35. The summed E-state index contributed by atoms with van der Waals surface area (Å²) in [5.74, 6) is 0.919. The molecule has 0 bridgehead atoms. The van der Waals surface area contributed by atoms with Gasteiger partial charge < -0.3 is 14.5 Å². The average Bonchev–Trinajstić information content (AvgIpc) is 3.16. The van der Waals surface area contributed by atoms with E-state index in [1.54, 1.807) is 25.5 Å². The summed E-state index contributed by atoms with van der Waals surface area (Å²) in [6, 6.07) is 19.4. The van der Waals surface area contributed by atoms with Crippen LogP contribution in [0.15, 0.2) is 77.4 Å². The molecular weight excluding hydrogens is 376 g/mol. The van der Waals surface area contributed by atoms with Crippen LogP contribution in [0.4, 0.5) is 5.82 Å². The van der Waals surface area contributed by atoms with Gasteiger partial charge in [0, 0.05) is 34.3 Å². The first kappa shape index (κ1) is 19.5. The fourth-order valence-corrected chi connectivity index (χ4v) is 3.42. The van der Waals surface area contributed by atoms with Gasteiger partial charge in [-0.1, -0.05) is 36.4 Å². The molecule has 1 amide bonds. The van der Waals surface area contributed by atoms with Crippen LogP contribution >= 0.6 is 0 Å². The summed E-state index contributed by atoms with van der Waals surface area (Å²) in [6.45, 7) is 3.77. The van der Waals surface area contributed by atoms with Crippen molar-refractivity contribution in [3.05, 3.63) is 84.3 Å². The molecule has 0 unspecified atom stereocenters. The molecule has 0 radical (unpaired) electrons. The lowest BCUT2D eigenvalue weighted by Crippen LogP contribution is -2.10. The minimum atomic E-state index is -0.247. The molecule has 30 heavy (non-hydrogen) atoms. The number of nitrogens with zero attached hydrogens (tertiary/aromatic N) is 1. The monoisotopic (exact) mass is 398 g/mol. The summed E-state index contributed by atoms with van der Waals surface area (Å²) >= 11 is 0. The van der Waals surface area contributed by atoms with Crippen LogP contribution in [0.2, 0.25) is 0 Å². The summed E-state index contributed by atoms with van der Waals surface area (Å²) in [6.07, 6.45) is 3.30. The predicted octanol–water partition coefficient (Wildman–Crippen LogP) is 5.85. The Hall–Kier alpha value is -3.86. The van der Waals surface area contributed by atoms with Crippen molar-refractivity contribution in [1.82, 2.24) is 4.98 Å². The summed E-state index contributed by atoms with van der Waals surface area (Å²) in [5, 5.41) is 3.77. The standard InChI is InChI=1S/C25H22N2O3/c1-16(12-25(28)27-24-11-7-8-17(2)26-24)19-13-20-21(18-9-5-4-6-10-18)15-30-23(20)14-22(19)29-3/h4-15H,1-3H3,(H,26,27,28)/b16-12+. The fourth-order valence-electron chi connectivity index (χ4n) is 3.42. The van der Waals surface area contributed by atoms with E-state index in [2.05, 4.69) is 10.3 Å². The van der Waals surface area contributed by atoms with Crippen LogP contribution in [0.1, 0.15) is 18.2 Å². The van der Waals surface area contributed by atoms with Gasteiger partial charge in [-0.25, -0.2) is 4.98 Å². The Morgan fingerprint density at radius 1 is 1.10 bits per heavy atom. The molecule has 0 saturated carbocycles. The molecule has 0 aliphatic heterocycles. The number of anilines is 1. The van der Waals surface area contributed by atoms with E-state index in [1.807, 2.05) is 68.4 Å². The van der Waals surface area contributed by atoms with Crippen LogP contribution in [-0.4, -0.2) is 18.0 Å². The normalized spacial score (nSPS) is 11.5. The molecule has 0 aliphatic carbocycles. The number of carbonyl (C=O) groups is 1. The number of furan rings is 1. The molecule has 0 aliphatic rings. The van der Waals surface area contributed by atoms with E-state index in [0.29, 0.717) is 11.6 Å². The minimum absolute atomic E-state index is 0.247. The maximum Gasteiger partial charge on any atom is 0.249 e. The fraction of sp³-hybridized carbons (Fsp3) is 0.120. The molecule has 2 heterocycles. The van der Waals surface area contributed by atoms with E-state index in [1.165, 1.54) is 0 Å². The van der Waals surface area contributed by atoms with Gasteiger partial charge in [0.05, 0.1) is 13.4 Å². The number of amides is 1. The predicted molar refractivity (Wildman–Crippen MR) is 119 cm³/mol. The van der Waals surface area contributed by atoms with Crippen LogP contribution in [0.3, 0.4) is 0 Å². The molecule has 5 nitrogen and oxygen atoms in total. The quantitative estimate of drug-likeness (QED) is 0.428. The smallest absolute Gasteiger partial charge is 0.249 e. The van der Waals surface area contributed by atoms with Crippen molar-refractivity contribution in [1.29, 1.82) is 0 Å². The number of hydrogen-bond donors (Lipinski definition) is 1. The first-order valence-electron chi connectivity index (χ1n) is 9.63. The molecule has 2 aromatic carbocycles. The van der Waals surface area contributed by atoms with Crippen molar-refractivity contribution in [2.24, 2.45) is 0 Å². The van der Waals surface area contributed by atoms with Gasteiger partial charge in [0.25, 0.3) is 0 Å². The molecule has 4 aromatic rings. The highest BCUT2D eigenvalue weighted by atomic mass is 16.5. The molecule has 0 fully saturated rings. The number of aromatic nitrogens is 1. The van der Waals surface area contributed by atoms with Crippen molar-refractivity contribution in [2.45, 2.75) is 13.8 Å². The van der Waals surface area contributed by atoms with Gasteiger partial charge in [0.2, 0.25) is 5.91 Å². The number of hydrogen-bond acceptors (Lipinski definition) is 4. The highest BCUT2D eigenvalue weighted by Gasteiger charge is 2.15. The molecule has 0 saturated heterocycles. The van der Waals surface area contributed by atoms with Crippen molar-refractivity contribution in [3.63, 3.8) is 0 Å². The Morgan fingerprint density at radius 2 is 1.90 bits per heavy atom. The summed E-state index contributed by atoms with van der Waals surface area (Å²) in [5.41, 5.74) is 5.24. The molecule has 0 atom stereocenters. The summed E-state index contributed by atoms with van der Waals surface area (Å²) in [7, 11) is 1.61. The van der Waals surface area contributed by atoms with Crippen LogP contribution in [0.25, 0.3) is 27.7 Å². The van der Waals surface area contributed by atoms with E-state index in [0.717, 1.165) is 38.9 Å². The van der Waals surface area contributed by atoms with Gasteiger partial charge in [-0.15, -0.1) is 0 Å². The topological polar surface area (TPSA) is 64.4 Å². The lowest BCUT2D eigenvalue weighted by Gasteiger charge is -2.10. The number of ether oxygens (including phenoxy) is 1. The Labute approximate surface area is 175 Å². The van der Waals surface area contributed by atoms with E-state index in [4.69, 9.17) is 9.15 Å². The second-order valence-corrected chi connectivity index (χ2v) is 7.04. The molecular formula is C25H22N2O3. The van der Waals surface area contributed by atoms with Gasteiger partial charge >= 0.3 is 0 Å². The first-order chi connectivity index (χ1) is 14.5. The highest BCUT2D eigenvalue weighted by Crippen LogP contribution is 2.37. The lowest BCUT2D eigenvalue weighted by molar-refractivity contribution is -0.111. The molecule has 1 N–H and O–H groups in total. The third-order valence-electron chi connectivity index (χ3n) is 4.89. The number of aryl methyl sites for hydroxylation is 1. The van der Waals surface area contributed by atoms with Crippen molar-refractivity contribution < 1.29 is 13.9 Å². The zero-order valence-electron chi connectivity index (χ0n) is 17.1. The van der Waals surface area contributed by atoms with Crippen molar-refractivity contribution in [3.8, 4) is 16.9 Å². The number of pyridine rings is 1. The average molecular weight is 398 g/mol. The van der Waals surface area contributed by atoms with Crippen LogP contribution < -0.4 is 10.1 Å². The number of fused-ring (bicyclic) bond motifs is 1. The molecule has 2 aromatic heterocycles. The zero-order valence-corrected chi connectivity index (χ0v) is 17.1. The van der Waals surface area contributed by atoms with Gasteiger partial charge in [0.1, 0.15) is 17.2 Å². The van der Waals surface area contributed by atoms with E-state index < -0.39 is 0 Å². The van der Waals surface area contributed by atoms with Gasteiger partial charge in [-0.3, -0.25) is 4.79 Å². The van der Waals surface area contributed by atoms with Crippen molar-refractivity contribution >= 4 is 28.3 Å². The van der Waals surface area contributed by atoms with E-state index in [9.17, 15) is 4.79 Å². The second kappa shape index (κ2) is 8.25. The van der Waals surface area contributed by atoms with Gasteiger partial charge in [0.15, 0.2) is 0 Å². The third kappa shape index (κ3) is 3.96. The maximum absolute atomic E-state index is 12.5. The summed E-state index contributed by atoms with van der Waals surface area (Å²) in [4.78, 5) is 16.8. The van der Waals surface area contributed by atoms with Gasteiger partial charge in [-0.05, 0) is 43.2 Å². The highest BCUT2D eigenvalue weighted by molar-refractivity contribution is 6.05. The lowest BCUT2D eigenvalue weighted by atomic mass is 9.99.